The summed E-state index contributed by atoms with van der Waals surface area (Å²) < 4.78 is 1.61. The third kappa shape index (κ3) is 4.57. The van der Waals surface area contributed by atoms with Crippen LogP contribution in [0, 0.1) is 10.1 Å². The quantitative estimate of drug-likeness (QED) is 0.177. The molecular formula is C23H15ClN4O3. The number of hydrogen-bond donors (Lipinski definition) is 0. The number of non-ortho nitro benzene ring substituents is 1. The number of carbonyl (C=O) groups excluding carboxylic acids is 1. The molecule has 31 heavy (non-hydrogen) atoms. The fourth-order valence-corrected chi connectivity index (χ4v) is 3.11. The van der Waals surface area contributed by atoms with Gasteiger partial charge in [-0.15, -0.1) is 5.10 Å². The summed E-state index contributed by atoms with van der Waals surface area (Å²) in [4.78, 5) is 22.9. The summed E-state index contributed by atoms with van der Waals surface area (Å²) in [5.41, 5.74) is 3.55. The molecule has 0 radical (unpaired) electrons. The molecule has 0 unspecified atom stereocenters. The summed E-state index contributed by atoms with van der Waals surface area (Å²) in [7, 11) is 0. The van der Waals surface area contributed by atoms with Gasteiger partial charge in [0.1, 0.15) is 0 Å². The molecule has 4 rings (SSSR count). The molecule has 0 saturated carbocycles. The Balaban J connectivity index is 1.54. The number of allylic oxidation sites excluding steroid dienone is 1. The molecule has 8 heteroatoms. The number of benzene rings is 3. The van der Waals surface area contributed by atoms with E-state index in [1.54, 1.807) is 65.5 Å². The smallest absolute Gasteiger partial charge is 0.269 e. The highest BCUT2D eigenvalue weighted by molar-refractivity contribution is 6.30. The van der Waals surface area contributed by atoms with Crippen LogP contribution in [0.3, 0.4) is 0 Å². The molecular weight excluding hydrogens is 416 g/mol. The predicted molar refractivity (Wildman–Crippen MR) is 118 cm³/mol. The van der Waals surface area contributed by atoms with Gasteiger partial charge in [-0.25, -0.2) is 4.68 Å². The highest BCUT2D eigenvalue weighted by atomic mass is 35.5. The van der Waals surface area contributed by atoms with Crippen molar-refractivity contribution in [1.29, 1.82) is 0 Å². The normalized spacial score (nSPS) is 11.0. The first-order valence-electron chi connectivity index (χ1n) is 9.25. The van der Waals surface area contributed by atoms with E-state index in [-0.39, 0.29) is 11.5 Å². The lowest BCUT2D eigenvalue weighted by Gasteiger charge is -2.07. The minimum atomic E-state index is -0.448. The van der Waals surface area contributed by atoms with Crippen molar-refractivity contribution in [3.63, 3.8) is 0 Å². The molecule has 152 valence electrons. The summed E-state index contributed by atoms with van der Waals surface area (Å²) >= 11 is 5.87. The summed E-state index contributed by atoms with van der Waals surface area (Å²) in [5.74, 6) is -0.129. The van der Waals surface area contributed by atoms with Crippen molar-refractivity contribution in [1.82, 2.24) is 15.0 Å². The zero-order valence-corrected chi connectivity index (χ0v) is 16.8. The Hall–Kier alpha value is -4.10. The van der Waals surface area contributed by atoms with Gasteiger partial charge in [-0.1, -0.05) is 35.0 Å². The maximum atomic E-state index is 12.5. The first-order chi connectivity index (χ1) is 15.0. The molecule has 0 spiro atoms. The van der Waals surface area contributed by atoms with E-state index in [0.717, 1.165) is 11.1 Å². The van der Waals surface area contributed by atoms with Crippen LogP contribution in [-0.4, -0.2) is 25.7 Å². The molecule has 0 aliphatic rings. The van der Waals surface area contributed by atoms with Crippen LogP contribution in [0.25, 0.3) is 23.0 Å². The molecule has 4 aromatic rings. The number of carbonyl (C=O) groups is 1. The number of hydrogen-bond acceptors (Lipinski definition) is 5. The molecule has 0 N–H and O–H groups in total. The fourth-order valence-electron chi connectivity index (χ4n) is 2.99. The second kappa shape index (κ2) is 8.73. The summed E-state index contributed by atoms with van der Waals surface area (Å²) in [5, 5.41) is 19.5. The van der Waals surface area contributed by atoms with Crippen molar-refractivity contribution in [2.24, 2.45) is 0 Å². The third-order valence-electron chi connectivity index (χ3n) is 4.62. The third-order valence-corrected chi connectivity index (χ3v) is 4.87. The van der Waals surface area contributed by atoms with Crippen molar-refractivity contribution in [2.45, 2.75) is 0 Å². The van der Waals surface area contributed by atoms with Crippen LogP contribution in [0.2, 0.25) is 5.02 Å². The minimum Gasteiger partial charge on any atom is -0.289 e. The molecule has 0 bridgehead atoms. The van der Waals surface area contributed by atoms with Gasteiger partial charge in [0, 0.05) is 28.3 Å². The van der Waals surface area contributed by atoms with Gasteiger partial charge >= 0.3 is 0 Å². The van der Waals surface area contributed by atoms with E-state index in [0.29, 0.717) is 22.0 Å². The molecule has 7 nitrogen and oxygen atoms in total. The Morgan fingerprint density at radius 3 is 2.29 bits per heavy atom. The average Bonchev–Trinajstić information content (AvgIpc) is 3.28. The molecule has 0 saturated heterocycles. The van der Waals surface area contributed by atoms with Gasteiger partial charge in [0.15, 0.2) is 5.78 Å². The van der Waals surface area contributed by atoms with E-state index in [9.17, 15) is 14.9 Å². The fraction of sp³-hybridized carbons (Fsp3) is 0. The van der Waals surface area contributed by atoms with Gasteiger partial charge in [0.25, 0.3) is 5.69 Å². The van der Waals surface area contributed by atoms with Gasteiger partial charge in [-0.2, -0.15) is 0 Å². The van der Waals surface area contributed by atoms with Crippen LogP contribution in [0.4, 0.5) is 5.69 Å². The zero-order chi connectivity index (χ0) is 21.8. The van der Waals surface area contributed by atoms with Gasteiger partial charge in [-0.3, -0.25) is 14.9 Å². The van der Waals surface area contributed by atoms with E-state index in [1.165, 1.54) is 18.2 Å². The van der Waals surface area contributed by atoms with E-state index in [1.807, 2.05) is 12.1 Å². The van der Waals surface area contributed by atoms with Crippen LogP contribution in [0.15, 0.2) is 85.1 Å². The summed E-state index contributed by atoms with van der Waals surface area (Å²) in [6.45, 7) is 0. The van der Waals surface area contributed by atoms with Gasteiger partial charge in [0.2, 0.25) is 0 Å². The Morgan fingerprint density at radius 1 is 0.968 bits per heavy atom. The predicted octanol–water partition coefficient (Wildman–Crippen LogP) is 5.39. The van der Waals surface area contributed by atoms with E-state index in [4.69, 9.17) is 11.6 Å². The Kier molecular flexibility index (Phi) is 5.68. The Morgan fingerprint density at radius 2 is 1.65 bits per heavy atom. The second-order valence-electron chi connectivity index (χ2n) is 6.63. The highest BCUT2D eigenvalue weighted by Gasteiger charge is 2.12. The molecule has 3 aromatic carbocycles. The molecule has 1 heterocycles. The minimum absolute atomic E-state index is 0.0114. The Labute approximate surface area is 182 Å². The average molecular weight is 431 g/mol. The SMILES string of the molecule is O=C(/C=C/c1ccc(Cl)cc1)c1ccc(-n2nncc2-c2ccc([N+](=O)[O-])cc2)cc1. The monoisotopic (exact) mass is 430 g/mol. The lowest BCUT2D eigenvalue weighted by molar-refractivity contribution is -0.384. The van der Waals surface area contributed by atoms with E-state index in [2.05, 4.69) is 10.3 Å². The molecule has 0 fully saturated rings. The topological polar surface area (TPSA) is 90.9 Å². The van der Waals surface area contributed by atoms with Crippen LogP contribution in [0.5, 0.6) is 0 Å². The van der Waals surface area contributed by atoms with Crippen LogP contribution >= 0.6 is 11.6 Å². The molecule has 0 atom stereocenters. The number of nitro groups is 1. The molecule has 1 aromatic heterocycles. The summed E-state index contributed by atoms with van der Waals surface area (Å²) in [6.07, 6.45) is 4.82. The number of halogens is 1. The Bertz CT molecular complexity index is 1260. The number of ketones is 1. The van der Waals surface area contributed by atoms with Crippen LogP contribution in [-0.2, 0) is 0 Å². The second-order valence-corrected chi connectivity index (χ2v) is 7.07. The number of nitrogens with zero attached hydrogens (tertiary/aromatic N) is 4. The first-order valence-corrected chi connectivity index (χ1v) is 9.63. The number of rotatable bonds is 6. The largest absolute Gasteiger partial charge is 0.289 e. The first kappa shape index (κ1) is 20.2. The van der Waals surface area contributed by atoms with Crippen molar-refractivity contribution in [3.8, 4) is 16.9 Å². The zero-order valence-electron chi connectivity index (χ0n) is 16.1. The van der Waals surface area contributed by atoms with Gasteiger partial charge in [0.05, 0.1) is 22.5 Å². The van der Waals surface area contributed by atoms with E-state index < -0.39 is 4.92 Å². The van der Waals surface area contributed by atoms with Gasteiger partial charge in [-0.05, 0) is 60.2 Å². The van der Waals surface area contributed by atoms with Crippen LogP contribution in [0.1, 0.15) is 15.9 Å². The standard InChI is InChI=1S/C23H15ClN4O3/c24-19-8-1-16(2-9-19)3-14-23(29)18-6-10-20(11-7-18)27-22(15-25-26-27)17-4-12-21(13-5-17)28(30)31/h1-15H/b14-3+. The lowest BCUT2D eigenvalue weighted by atomic mass is 10.1. The van der Waals surface area contributed by atoms with Gasteiger partial charge < -0.3 is 0 Å². The number of aromatic nitrogens is 3. The maximum Gasteiger partial charge on any atom is 0.269 e. The van der Waals surface area contributed by atoms with Crippen LogP contribution < -0.4 is 0 Å². The lowest BCUT2D eigenvalue weighted by Crippen LogP contribution is -2.01. The van der Waals surface area contributed by atoms with E-state index >= 15 is 0 Å². The molecule has 0 aliphatic heterocycles. The number of nitro benzene ring substituents is 1. The highest BCUT2D eigenvalue weighted by Crippen LogP contribution is 2.24. The summed E-state index contributed by atoms with van der Waals surface area (Å²) in [6, 6.07) is 20.3. The van der Waals surface area contributed by atoms with Crippen molar-refractivity contribution >= 4 is 29.1 Å². The van der Waals surface area contributed by atoms with Crippen molar-refractivity contribution < 1.29 is 9.72 Å². The van der Waals surface area contributed by atoms with Crippen molar-refractivity contribution in [3.05, 3.63) is 111 Å². The molecule has 0 amide bonds. The van der Waals surface area contributed by atoms with Crippen molar-refractivity contribution in [2.75, 3.05) is 0 Å². The maximum absolute atomic E-state index is 12.5. The molecule has 0 aliphatic carbocycles.